The minimum absolute atomic E-state index is 0.0458. The molecule has 1 heterocycles. The van der Waals surface area contributed by atoms with E-state index in [2.05, 4.69) is 10.2 Å². The molecule has 1 aliphatic carbocycles. The van der Waals surface area contributed by atoms with Gasteiger partial charge in [-0.15, -0.1) is 0 Å². The van der Waals surface area contributed by atoms with Gasteiger partial charge < -0.3 is 19.5 Å². The van der Waals surface area contributed by atoms with Gasteiger partial charge in [-0.1, -0.05) is 53.9 Å². The van der Waals surface area contributed by atoms with Crippen LogP contribution in [0.5, 0.6) is 0 Å². The Balaban J connectivity index is 1.25. The molecule has 11 nitrogen and oxygen atoms in total. The number of nitrogens with one attached hydrogen (secondary N) is 1. The Morgan fingerprint density at radius 1 is 0.882 bits per heavy atom. The first-order valence-corrected chi connectivity index (χ1v) is 19.2. The maximum Gasteiger partial charge on any atom is 0.511 e. The SMILES string of the molecule is CC(OC(=O)OC1CCCCC1)OC(=O)[C@H](C)NC(=O)c1cc(F)cc(N(C2CN(C(c3ccc(Cl)cc3)c3ccc(Cl)cc3)C2)S(C)(=O)=O)c1. The van der Waals surface area contributed by atoms with Crippen LogP contribution in [0, 0.1) is 5.82 Å². The fourth-order valence-corrected chi connectivity index (χ4v) is 7.78. The number of esters is 1. The fourth-order valence-electron chi connectivity index (χ4n) is 6.37. The van der Waals surface area contributed by atoms with Gasteiger partial charge in [-0.25, -0.2) is 22.4 Å². The smallest absolute Gasteiger partial charge is 0.431 e. The van der Waals surface area contributed by atoms with Crippen molar-refractivity contribution in [2.24, 2.45) is 0 Å². The molecule has 15 heteroatoms. The van der Waals surface area contributed by atoms with Crippen molar-refractivity contribution < 1.29 is 41.4 Å². The zero-order valence-corrected chi connectivity index (χ0v) is 30.7. The molecule has 51 heavy (non-hydrogen) atoms. The van der Waals surface area contributed by atoms with Gasteiger partial charge >= 0.3 is 12.1 Å². The number of hydrogen-bond acceptors (Lipinski definition) is 9. The van der Waals surface area contributed by atoms with Crippen molar-refractivity contribution in [2.45, 2.75) is 76.5 Å². The molecule has 2 atom stereocenters. The number of halogens is 3. The predicted octanol–water partition coefficient (Wildman–Crippen LogP) is 6.87. The molecule has 1 saturated heterocycles. The number of likely N-dealkylation sites (tertiary alicyclic amines) is 1. The molecule has 1 unspecified atom stereocenters. The van der Waals surface area contributed by atoms with Crippen LogP contribution in [0.3, 0.4) is 0 Å². The van der Waals surface area contributed by atoms with Gasteiger partial charge in [0, 0.05) is 35.6 Å². The second-order valence-corrected chi connectivity index (χ2v) is 15.5. The minimum atomic E-state index is -3.95. The van der Waals surface area contributed by atoms with E-state index < -0.39 is 52.2 Å². The highest BCUT2D eigenvalue weighted by atomic mass is 35.5. The lowest BCUT2D eigenvalue weighted by molar-refractivity contribution is -0.170. The Morgan fingerprint density at radius 2 is 1.45 bits per heavy atom. The summed E-state index contributed by atoms with van der Waals surface area (Å²) < 4.78 is 57.9. The second-order valence-electron chi connectivity index (χ2n) is 12.8. The van der Waals surface area contributed by atoms with Crippen molar-refractivity contribution in [2.75, 3.05) is 23.7 Å². The quantitative estimate of drug-likeness (QED) is 0.155. The molecule has 0 bridgehead atoms. The molecule has 1 aliphatic heterocycles. The molecular formula is C36H40Cl2FN3O8S. The monoisotopic (exact) mass is 763 g/mol. The number of anilines is 1. The van der Waals surface area contributed by atoms with Crippen molar-refractivity contribution in [1.29, 1.82) is 0 Å². The highest BCUT2D eigenvalue weighted by Crippen LogP contribution is 2.37. The molecular weight excluding hydrogens is 724 g/mol. The zero-order valence-electron chi connectivity index (χ0n) is 28.4. The lowest BCUT2D eigenvalue weighted by atomic mass is 9.93. The maximum atomic E-state index is 15.0. The molecule has 2 aliphatic rings. The third kappa shape index (κ3) is 10.1. The van der Waals surface area contributed by atoms with E-state index in [1.54, 1.807) is 24.3 Å². The summed E-state index contributed by atoms with van der Waals surface area (Å²) in [5, 5.41) is 3.58. The van der Waals surface area contributed by atoms with Gasteiger partial charge in [0.2, 0.25) is 16.3 Å². The average Bonchev–Trinajstić information content (AvgIpc) is 3.04. The number of nitrogens with zero attached hydrogens (tertiary/aromatic N) is 2. The first-order valence-electron chi connectivity index (χ1n) is 16.6. The third-order valence-corrected chi connectivity index (χ3v) is 10.5. The van der Waals surface area contributed by atoms with Crippen LogP contribution in [0.1, 0.15) is 73.5 Å². The molecule has 0 aromatic heterocycles. The first-order chi connectivity index (χ1) is 24.2. The van der Waals surface area contributed by atoms with Gasteiger partial charge in [-0.2, -0.15) is 0 Å². The van der Waals surface area contributed by atoms with E-state index in [0.29, 0.717) is 23.1 Å². The van der Waals surface area contributed by atoms with E-state index in [0.717, 1.165) is 65.9 Å². The van der Waals surface area contributed by atoms with Gasteiger partial charge in [0.1, 0.15) is 18.0 Å². The van der Waals surface area contributed by atoms with Crippen molar-refractivity contribution in [1.82, 2.24) is 10.2 Å². The third-order valence-electron chi connectivity index (χ3n) is 8.78. The standard InChI is InChI=1S/C36H40Cl2FN3O8S/c1-22(35(44)48-23(2)49-36(45)50-32-7-5-4-6-8-32)40-34(43)26-17-29(39)19-30(18-26)42(51(3,46)47)31-20-41(21-31)33(24-9-13-27(37)14-10-24)25-11-15-28(38)16-12-25/h9-19,22-23,31-33H,4-8,20-21H2,1-3H3,(H,40,43)/t22-,23?/m0/s1. The van der Waals surface area contributed by atoms with Crippen LogP contribution in [0.4, 0.5) is 14.9 Å². The molecule has 274 valence electrons. The maximum absolute atomic E-state index is 15.0. The topological polar surface area (TPSA) is 132 Å². The first kappa shape index (κ1) is 38.3. The summed E-state index contributed by atoms with van der Waals surface area (Å²) in [7, 11) is -3.95. The zero-order chi connectivity index (χ0) is 36.9. The Labute approximate surface area is 307 Å². The summed E-state index contributed by atoms with van der Waals surface area (Å²) in [6.45, 7) is 3.26. The summed E-state index contributed by atoms with van der Waals surface area (Å²) in [6, 6.07) is 15.9. The second kappa shape index (κ2) is 16.6. The van der Waals surface area contributed by atoms with Crippen molar-refractivity contribution in [3.05, 3.63) is 99.3 Å². The molecule has 0 spiro atoms. The van der Waals surface area contributed by atoms with Crippen LogP contribution in [0.2, 0.25) is 10.0 Å². The largest absolute Gasteiger partial charge is 0.511 e. The van der Waals surface area contributed by atoms with Crippen LogP contribution in [-0.4, -0.2) is 75.2 Å². The van der Waals surface area contributed by atoms with Crippen molar-refractivity contribution in [3.63, 3.8) is 0 Å². The summed E-state index contributed by atoms with van der Waals surface area (Å²) in [4.78, 5) is 40.1. The summed E-state index contributed by atoms with van der Waals surface area (Å²) in [5.74, 6) is -2.61. The molecule has 1 amide bonds. The molecule has 3 aromatic carbocycles. The van der Waals surface area contributed by atoms with Gasteiger partial charge in [0.25, 0.3) is 5.91 Å². The highest BCUT2D eigenvalue weighted by molar-refractivity contribution is 7.92. The number of carbonyl (C=O) groups is 3. The van der Waals surface area contributed by atoms with E-state index in [-0.39, 0.29) is 23.4 Å². The summed E-state index contributed by atoms with van der Waals surface area (Å²) in [5.41, 5.74) is 1.61. The van der Waals surface area contributed by atoms with Crippen LogP contribution in [0.15, 0.2) is 66.7 Å². The molecule has 1 N–H and O–H groups in total. The molecule has 0 radical (unpaired) electrons. The predicted molar refractivity (Wildman–Crippen MR) is 191 cm³/mol. The number of amides is 1. The number of ether oxygens (including phenoxy) is 3. The van der Waals surface area contributed by atoms with Gasteiger partial charge in [-0.05, 0) is 86.2 Å². The lowest BCUT2D eigenvalue weighted by Crippen LogP contribution is -2.61. The van der Waals surface area contributed by atoms with E-state index in [9.17, 15) is 22.8 Å². The van der Waals surface area contributed by atoms with E-state index in [4.69, 9.17) is 37.4 Å². The number of hydrogen-bond donors (Lipinski definition) is 1. The Bertz CT molecular complexity index is 1770. The van der Waals surface area contributed by atoms with Crippen molar-refractivity contribution in [3.8, 4) is 0 Å². The minimum Gasteiger partial charge on any atom is -0.431 e. The van der Waals surface area contributed by atoms with Crippen LogP contribution in [0.25, 0.3) is 0 Å². The number of sulfonamides is 1. The number of rotatable bonds is 12. The summed E-state index contributed by atoms with van der Waals surface area (Å²) >= 11 is 12.3. The van der Waals surface area contributed by atoms with Crippen LogP contribution < -0.4 is 9.62 Å². The number of carbonyl (C=O) groups excluding carboxylic acids is 3. The van der Waals surface area contributed by atoms with Gasteiger partial charge in [0.05, 0.1) is 24.0 Å². The fraction of sp³-hybridized carbons (Fsp3) is 0.417. The molecule has 5 rings (SSSR count). The number of benzene rings is 3. The molecule has 2 fully saturated rings. The van der Waals surface area contributed by atoms with Gasteiger partial charge in [-0.3, -0.25) is 14.0 Å². The lowest BCUT2D eigenvalue weighted by Gasteiger charge is -2.48. The average molecular weight is 765 g/mol. The Kier molecular flexibility index (Phi) is 12.5. The Morgan fingerprint density at radius 3 is 2.00 bits per heavy atom. The van der Waals surface area contributed by atoms with Gasteiger partial charge in [0.15, 0.2) is 0 Å². The Hall–Kier alpha value is -3.91. The summed E-state index contributed by atoms with van der Waals surface area (Å²) in [6.07, 6.45) is 2.99. The van der Waals surface area contributed by atoms with Crippen LogP contribution >= 0.6 is 23.2 Å². The van der Waals surface area contributed by atoms with E-state index >= 15 is 4.39 Å². The molecule has 1 saturated carbocycles. The molecule has 3 aromatic rings. The van der Waals surface area contributed by atoms with Crippen molar-refractivity contribution >= 4 is 56.9 Å². The normalized spacial score (nSPS) is 16.8. The highest BCUT2D eigenvalue weighted by Gasteiger charge is 2.41. The van der Waals surface area contributed by atoms with E-state index in [1.807, 2.05) is 24.3 Å². The van der Waals surface area contributed by atoms with E-state index in [1.165, 1.54) is 19.9 Å². The van der Waals surface area contributed by atoms with Crippen LogP contribution in [-0.2, 0) is 29.0 Å².